The van der Waals surface area contributed by atoms with E-state index in [9.17, 15) is 9.59 Å². The van der Waals surface area contributed by atoms with Crippen molar-refractivity contribution >= 4 is 28.9 Å². The summed E-state index contributed by atoms with van der Waals surface area (Å²) in [7, 11) is 0. The molecule has 174 valence electrons. The van der Waals surface area contributed by atoms with Gasteiger partial charge in [0.15, 0.2) is 0 Å². The van der Waals surface area contributed by atoms with E-state index in [4.69, 9.17) is 17.3 Å². The molecule has 7 nitrogen and oxygen atoms in total. The Labute approximate surface area is 198 Å². The van der Waals surface area contributed by atoms with Crippen molar-refractivity contribution in [2.45, 2.75) is 45.2 Å². The fourth-order valence-corrected chi connectivity index (χ4v) is 4.57. The van der Waals surface area contributed by atoms with Crippen LogP contribution in [-0.4, -0.2) is 51.3 Å². The Hall–Kier alpha value is -2.90. The molecular weight excluding hydrogens is 438 g/mol. The van der Waals surface area contributed by atoms with Crippen LogP contribution in [0.4, 0.5) is 0 Å². The lowest BCUT2D eigenvalue weighted by Gasteiger charge is -2.40. The summed E-state index contributed by atoms with van der Waals surface area (Å²) < 4.78 is 1.79. The van der Waals surface area contributed by atoms with Crippen LogP contribution >= 0.6 is 11.6 Å². The average Bonchev–Trinajstić information content (AvgIpc) is 3.26. The van der Waals surface area contributed by atoms with Gasteiger partial charge < -0.3 is 16.0 Å². The van der Waals surface area contributed by atoms with E-state index in [0.717, 1.165) is 11.1 Å². The molecule has 1 aromatic carbocycles. The highest BCUT2D eigenvalue weighted by molar-refractivity contribution is 6.30. The Morgan fingerprint density at radius 1 is 1.21 bits per heavy atom. The number of pyridine rings is 1. The van der Waals surface area contributed by atoms with E-state index >= 15 is 0 Å². The lowest BCUT2D eigenvalue weighted by molar-refractivity contribution is -0.125. The number of piperidine rings is 1. The highest BCUT2D eigenvalue weighted by Crippen LogP contribution is 2.31. The molecule has 0 spiro atoms. The number of likely N-dealkylation sites (tertiary alicyclic amines) is 1. The SMILES string of the molecule is CC(C)(C)[C@H](N)C(=O)N[C@@H]1CN(C(=O)c2cccc3cncn23)CC[C@H]1c1cccc(Cl)c1. The smallest absolute Gasteiger partial charge is 0.270 e. The zero-order valence-electron chi connectivity index (χ0n) is 19.2. The maximum absolute atomic E-state index is 13.5. The number of fused-ring (bicyclic) bond motifs is 1. The number of amides is 2. The van der Waals surface area contributed by atoms with Gasteiger partial charge in [0.25, 0.3) is 5.91 Å². The van der Waals surface area contributed by atoms with Gasteiger partial charge in [-0.2, -0.15) is 0 Å². The van der Waals surface area contributed by atoms with Gasteiger partial charge in [-0.05, 0) is 41.7 Å². The number of nitrogens with two attached hydrogens (primary N) is 1. The topological polar surface area (TPSA) is 92.7 Å². The first-order valence-electron chi connectivity index (χ1n) is 11.2. The minimum absolute atomic E-state index is 0.0212. The van der Waals surface area contributed by atoms with Crippen LogP contribution in [-0.2, 0) is 4.79 Å². The monoisotopic (exact) mass is 467 g/mol. The van der Waals surface area contributed by atoms with Crippen molar-refractivity contribution in [3.8, 4) is 0 Å². The third-order valence-corrected chi connectivity index (χ3v) is 6.62. The van der Waals surface area contributed by atoms with Crippen LogP contribution in [0.25, 0.3) is 5.52 Å². The number of rotatable bonds is 4. The van der Waals surface area contributed by atoms with Crippen molar-refractivity contribution in [2.75, 3.05) is 13.1 Å². The van der Waals surface area contributed by atoms with Gasteiger partial charge >= 0.3 is 0 Å². The van der Waals surface area contributed by atoms with Gasteiger partial charge in [-0.3, -0.25) is 14.0 Å². The summed E-state index contributed by atoms with van der Waals surface area (Å²) in [5.41, 5.74) is 8.30. The molecule has 1 saturated heterocycles. The quantitative estimate of drug-likeness (QED) is 0.614. The predicted molar refractivity (Wildman–Crippen MR) is 129 cm³/mol. The largest absolute Gasteiger partial charge is 0.350 e. The molecule has 2 aromatic heterocycles. The second kappa shape index (κ2) is 9.15. The molecule has 3 atom stereocenters. The molecule has 33 heavy (non-hydrogen) atoms. The minimum Gasteiger partial charge on any atom is -0.350 e. The van der Waals surface area contributed by atoms with Gasteiger partial charge in [0.1, 0.15) is 5.69 Å². The van der Waals surface area contributed by atoms with E-state index in [-0.39, 0.29) is 29.2 Å². The van der Waals surface area contributed by atoms with Crippen LogP contribution < -0.4 is 11.1 Å². The molecule has 0 saturated carbocycles. The van der Waals surface area contributed by atoms with Gasteiger partial charge in [-0.1, -0.05) is 50.6 Å². The van der Waals surface area contributed by atoms with E-state index in [1.807, 2.05) is 57.2 Å². The Bertz CT molecular complexity index is 1170. The number of carbonyl (C=O) groups excluding carboxylic acids is 2. The molecule has 0 aliphatic carbocycles. The highest BCUT2D eigenvalue weighted by Gasteiger charge is 2.36. The summed E-state index contributed by atoms with van der Waals surface area (Å²) in [6, 6.07) is 12.3. The van der Waals surface area contributed by atoms with Gasteiger partial charge in [-0.15, -0.1) is 0 Å². The first kappa shape index (κ1) is 23.3. The van der Waals surface area contributed by atoms with Crippen molar-refractivity contribution in [1.82, 2.24) is 19.6 Å². The first-order valence-corrected chi connectivity index (χ1v) is 11.5. The number of hydrogen-bond acceptors (Lipinski definition) is 4. The molecule has 1 aliphatic heterocycles. The number of carbonyl (C=O) groups is 2. The number of benzene rings is 1. The van der Waals surface area contributed by atoms with Crippen LogP contribution in [0.15, 0.2) is 55.0 Å². The second-order valence-corrected chi connectivity index (χ2v) is 10.2. The van der Waals surface area contributed by atoms with Crippen molar-refractivity contribution < 1.29 is 9.59 Å². The van der Waals surface area contributed by atoms with Crippen molar-refractivity contribution in [3.63, 3.8) is 0 Å². The van der Waals surface area contributed by atoms with E-state index < -0.39 is 6.04 Å². The summed E-state index contributed by atoms with van der Waals surface area (Å²) in [5, 5.41) is 3.79. The number of nitrogens with one attached hydrogen (secondary N) is 1. The lowest BCUT2D eigenvalue weighted by Crippen LogP contribution is -2.58. The van der Waals surface area contributed by atoms with Crippen molar-refractivity contribution in [1.29, 1.82) is 0 Å². The summed E-state index contributed by atoms with van der Waals surface area (Å²) in [5.74, 6) is -0.291. The predicted octanol–water partition coefficient (Wildman–Crippen LogP) is 3.48. The molecule has 0 unspecified atom stereocenters. The van der Waals surface area contributed by atoms with Crippen molar-refractivity contribution in [3.05, 3.63) is 71.3 Å². The first-order chi connectivity index (χ1) is 15.6. The average molecular weight is 468 g/mol. The van der Waals surface area contributed by atoms with E-state index in [2.05, 4.69) is 10.3 Å². The Morgan fingerprint density at radius 3 is 2.70 bits per heavy atom. The molecule has 1 fully saturated rings. The Balaban J connectivity index is 1.61. The second-order valence-electron chi connectivity index (χ2n) is 9.76. The highest BCUT2D eigenvalue weighted by atomic mass is 35.5. The fraction of sp³-hybridized carbons (Fsp3) is 0.400. The lowest BCUT2D eigenvalue weighted by atomic mass is 9.83. The summed E-state index contributed by atoms with van der Waals surface area (Å²) in [6.45, 7) is 6.76. The molecule has 4 rings (SSSR count). The zero-order valence-corrected chi connectivity index (χ0v) is 19.9. The van der Waals surface area contributed by atoms with E-state index in [1.165, 1.54) is 0 Å². The molecule has 3 N–H and O–H groups in total. The molecule has 3 aromatic rings. The van der Waals surface area contributed by atoms with Crippen molar-refractivity contribution in [2.24, 2.45) is 11.1 Å². The Morgan fingerprint density at radius 2 is 1.97 bits per heavy atom. The minimum atomic E-state index is -0.664. The van der Waals surface area contributed by atoms with Gasteiger partial charge in [-0.25, -0.2) is 4.98 Å². The zero-order chi connectivity index (χ0) is 23.8. The summed E-state index contributed by atoms with van der Waals surface area (Å²) in [6.07, 6.45) is 4.06. The van der Waals surface area contributed by atoms with Gasteiger partial charge in [0.05, 0.1) is 30.1 Å². The summed E-state index contributed by atoms with van der Waals surface area (Å²) >= 11 is 6.25. The molecule has 0 radical (unpaired) electrons. The third-order valence-electron chi connectivity index (χ3n) is 6.39. The normalized spacial score (nSPS) is 20.0. The fourth-order valence-electron chi connectivity index (χ4n) is 4.37. The van der Waals surface area contributed by atoms with Crippen LogP contribution in [0.3, 0.4) is 0 Å². The number of aromatic nitrogens is 2. The maximum Gasteiger partial charge on any atom is 0.270 e. The van der Waals surface area contributed by atoms with Crippen LogP contribution in [0, 0.1) is 5.41 Å². The van der Waals surface area contributed by atoms with Gasteiger partial charge in [0.2, 0.25) is 5.91 Å². The summed E-state index contributed by atoms with van der Waals surface area (Å²) in [4.78, 5) is 32.4. The van der Waals surface area contributed by atoms with E-state index in [0.29, 0.717) is 30.2 Å². The number of hydrogen-bond donors (Lipinski definition) is 2. The maximum atomic E-state index is 13.5. The van der Waals surface area contributed by atoms with E-state index in [1.54, 1.807) is 27.9 Å². The molecule has 8 heteroatoms. The van der Waals surface area contributed by atoms with Crippen LogP contribution in [0.1, 0.15) is 49.2 Å². The Kier molecular flexibility index (Phi) is 6.45. The molecule has 1 aliphatic rings. The standard InChI is InChI=1S/C25H30ClN5O2/c1-25(2,3)22(27)23(32)29-20-14-30(11-10-19(20)16-6-4-7-17(26)12-16)24(33)21-9-5-8-18-13-28-15-31(18)21/h4-9,12-13,15,19-20,22H,10-11,14,27H2,1-3H3,(H,29,32)/t19-,20+,22+/m0/s1. The third kappa shape index (κ3) is 4.89. The molecule has 0 bridgehead atoms. The van der Waals surface area contributed by atoms with Gasteiger partial charge in [0, 0.05) is 24.0 Å². The molecule has 2 amide bonds. The number of imidazole rings is 1. The number of nitrogens with zero attached hydrogens (tertiary/aromatic N) is 3. The molecular formula is C25H30ClN5O2. The number of halogens is 1. The molecule has 3 heterocycles. The van der Waals surface area contributed by atoms with Crippen LogP contribution in [0.2, 0.25) is 5.02 Å². The van der Waals surface area contributed by atoms with Crippen LogP contribution in [0.5, 0.6) is 0 Å².